The van der Waals surface area contributed by atoms with E-state index in [1.54, 1.807) is 13.1 Å². The van der Waals surface area contributed by atoms with Gasteiger partial charge in [0.15, 0.2) is 0 Å². The maximum absolute atomic E-state index is 11.2. The standard InChI is InChI=1S/C13H17NO2/c1-3-14(11-10-13(15)16-4-2)12-8-6-5-7-9-12/h5-11H,3-4H2,1-2H3/b11-10+. The lowest BCUT2D eigenvalue weighted by molar-refractivity contribution is -0.137. The molecule has 0 heterocycles. The number of anilines is 1. The largest absolute Gasteiger partial charge is 0.463 e. The predicted octanol–water partition coefficient (Wildman–Crippen LogP) is 2.59. The summed E-state index contributed by atoms with van der Waals surface area (Å²) in [5.41, 5.74) is 1.06. The van der Waals surface area contributed by atoms with Gasteiger partial charge in [0.05, 0.1) is 6.61 Å². The van der Waals surface area contributed by atoms with Crippen LogP contribution >= 0.6 is 0 Å². The second kappa shape index (κ2) is 6.67. The van der Waals surface area contributed by atoms with E-state index in [0.717, 1.165) is 12.2 Å². The van der Waals surface area contributed by atoms with Crippen LogP contribution in [0.25, 0.3) is 0 Å². The molecule has 0 amide bonds. The Hall–Kier alpha value is -1.77. The molecule has 0 spiro atoms. The molecular formula is C13H17NO2. The molecule has 0 bridgehead atoms. The molecular weight excluding hydrogens is 202 g/mol. The molecule has 0 aromatic heterocycles. The summed E-state index contributed by atoms with van der Waals surface area (Å²) >= 11 is 0. The van der Waals surface area contributed by atoms with Crippen molar-refractivity contribution in [2.75, 3.05) is 18.1 Å². The summed E-state index contributed by atoms with van der Waals surface area (Å²) in [7, 11) is 0. The van der Waals surface area contributed by atoms with Crippen molar-refractivity contribution in [3.63, 3.8) is 0 Å². The first kappa shape index (κ1) is 12.3. The van der Waals surface area contributed by atoms with Gasteiger partial charge in [0.1, 0.15) is 0 Å². The highest BCUT2D eigenvalue weighted by molar-refractivity contribution is 5.82. The molecule has 0 aliphatic carbocycles. The van der Waals surface area contributed by atoms with Gasteiger partial charge in [-0.25, -0.2) is 4.79 Å². The van der Waals surface area contributed by atoms with Crippen molar-refractivity contribution < 1.29 is 9.53 Å². The van der Waals surface area contributed by atoms with E-state index < -0.39 is 0 Å². The molecule has 3 heteroatoms. The SMILES string of the molecule is CCOC(=O)/C=C/N(CC)c1ccccc1. The van der Waals surface area contributed by atoms with Gasteiger partial charge < -0.3 is 9.64 Å². The normalized spacial score (nSPS) is 10.4. The fraction of sp³-hybridized carbons (Fsp3) is 0.308. The van der Waals surface area contributed by atoms with Gasteiger partial charge in [0.25, 0.3) is 0 Å². The molecule has 0 saturated heterocycles. The third-order valence-corrected chi connectivity index (χ3v) is 2.11. The van der Waals surface area contributed by atoms with Gasteiger partial charge in [-0.3, -0.25) is 0 Å². The molecule has 0 N–H and O–H groups in total. The van der Waals surface area contributed by atoms with E-state index in [-0.39, 0.29) is 5.97 Å². The number of ether oxygens (including phenoxy) is 1. The maximum Gasteiger partial charge on any atom is 0.332 e. The molecule has 0 saturated carbocycles. The van der Waals surface area contributed by atoms with E-state index in [0.29, 0.717) is 6.61 Å². The first-order valence-electron chi connectivity index (χ1n) is 5.44. The number of para-hydroxylation sites is 1. The van der Waals surface area contributed by atoms with Crippen LogP contribution in [0.2, 0.25) is 0 Å². The smallest absolute Gasteiger partial charge is 0.332 e. The van der Waals surface area contributed by atoms with Crippen molar-refractivity contribution in [1.82, 2.24) is 0 Å². The molecule has 0 unspecified atom stereocenters. The highest BCUT2D eigenvalue weighted by atomic mass is 16.5. The fourth-order valence-electron chi connectivity index (χ4n) is 1.33. The van der Waals surface area contributed by atoms with Crippen molar-refractivity contribution in [2.45, 2.75) is 13.8 Å². The van der Waals surface area contributed by atoms with Crippen LogP contribution in [0.3, 0.4) is 0 Å². The molecule has 86 valence electrons. The van der Waals surface area contributed by atoms with E-state index in [4.69, 9.17) is 4.74 Å². The van der Waals surface area contributed by atoms with Crippen LogP contribution in [0, 0.1) is 0 Å². The number of carbonyl (C=O) groups excluding carboxylic acids is 1. The van der Waals surface area contributed by atoms with Gasteiger partial charge in [-0.2, -0.15) is 0 Å². The lowest BCUT2D eigenvalue weighted by Gasteiger charge is -2.17. The predicted molar refractivity (Wildman–Crippen MR) is 65.2 cm³/mol. The molecule has 0 aliphatic rings. The van der Waals surface area contributed by atoms with Crippen LogP contribution in [0.4, 0.5) is 5.69 Å². The van der Waals surface area contributed by atoms with Crippen LogP contribution in [-0.2, 0) is 9.53 Å². The van der Waals surface area contributed by atoms with Gasteiger partial charge in [0.2, 0.25) is 0 Å². The van der Waals surface area contributed by atoms with E-state index in [1.165, 1.54) is 6.08 Å². The molecule has 16 heavy (non-hydrogen) atoms. The zero-order valence-electron chi connectivity index (χ0n) is 9.72. The van der Waals surface area contributed by atoms with Crippen molar-refractivity contribution in [3.8, 4) is 0 Å². The second-order valence-electron chi connectivity index (χ2n) is 3.19. The van der Waals surface area contributed by atoms with Gasteiger partial charge in [-0.1, -0.05) is 18.2 Å². The maximum atomic E-state index is 11.2. The molecule has 1 aromatic carbocycles. The molecule has 0 atom stereocenters. The number of nitrogens with zero attached hydrogens (tertiary/aromatic N) is 1. The quantitative estimate of drug-likeness (QED) is 0.563. The van der Waals surface area contributed by atoms with E-state index in [9.17, 15) is 4.79 Å². The minimum atomic E-state index is -0.308. The van der Waals surface area contributed by atoms with Crippen LogP contribution in [0.5, 0.6) is 0 Å². The van der Waals surface area contributed by atoms with Crippen LogP contribution in [0.1, 0.15) is 13.8 Å². The number of rotatable bonds is 5. The Morgan fingerprint density at radius 1 is 1.31 bits per heavy atom. The Labute approximate surface area is 96.3 Å². The third-order valence-electron chi connectivity index (χ3n) is 2.11. The van der Waals surface area contributed by atoms with E-state index >= 15 is 0 Å². The topological polar surface area (TPSA) is 29.5 Å². The van der Waals surface area contributed by atoms with Crippen molar-refractivity contribution in [3.05, 3.63) is 42.6 Å². The summed E-state index contributed by atoms with van der Waals surface area (Å²) < 4.78 is 4.82. The van der Waals surface area contributed by atoms with Crippen LogP contribution in [0.15, 0.2) is 42.6 Å². The Bertz CT molecular complexity index is 346. The Morgan fingerprint density at radius 2 is 2.00 bits per heavy atom. The zero-order valence-corrected chi connectivity index (χ0v) is 9.72. The molecule has 0 fully saturated rings. The van der Waals surface area contributed by atoms with Gasteiger partial charge in [0, 0.05) is 24.5 Å². The average molecular weight is 219 g/mol. The summed E-state index contributed by atoms with van der Waals surface area (Å²) in [5, 5.41) is 0. The fourth-order valence-corrected chi connectivity index (χ4v) is 1.33. The first-order valence-corrected chi connectivity index (χ1v) is 5.44. The van der Waals surface area contributed by atoms with Crippen LogP contribution < -0.4 is 4.90 Å². The van der Waals surface area contributed by atoms with Gasteiger partial charge >= 0.3 is 5.97 Å². The number of hydrogen-bond acceptors (Lipinski definition) is 3. The lowest BCUT2D eigenvalue weighted by Crippen LogP contribution is -2.15. The molecule has 3 nitrogen and oxygen atoms in total. The number of benzene rings is 1. The highest BCUT2D eigenvalue weighted by Gasteiger charge is 2.00. The summed E-state index contributed by atoms with van der Waals surface area (Å²) in [6.45, 7) is 5.03. The number of hydrogen-bond donors (Lipinski definition) is 0. The minimum Gasteiger partial charge on any atom is -0.463 e. The molecule has 1 aromatic rings. The second-order valence-corrected chi connectivity index (χ2v) is 3.19. The van der Waals surface area contributed by atoms with Crippen molar-refractivity contribution >= 4 is 11.7 Å². The van der Waals surface area contributed by atoms with Crippen molar-refractivity contribution in [1.29, 1.82) is 0 Å². The summed E-state index contributed by atoms with van der Waals surface area (Å²) in [6, 6.07) is 9.90. The number of carbonyl (C=O) groups is 1. The Kier molecular flexibility index (Phi) is 5.12. The Balaban J connectivity index is 2.66. The third kappa shape index (κ3) is 3.77. The minimum absolute atomic E-state index is 0.308. The Morgan fingerprint density at radius 3 is 2.56 bits per heavy atom. The first-order chi connectivity index (χ1) is 7.77. The van der Waals surface area contributed by atoms with Crippen molar-refractivity contribution in [2.24, 2.45) is 0 Å². The number of esters is 1. The summed E-state index contributed by atoms with van der Waals surface area (Å²) in [4.78, 5) is 13.1. The van der Waals surface area contributed by atoms with E-state index in [1.807, 2.05) is 42.2 Å². The summed E-state index contributed by atoms with van der Waals surface area (Å²) in [6.07, 6.45) is 3.19. The molecule has 1 rings (SSSR count). The summed E-state index contributed by atoms with van der Waals surface area (Å²) in [5.74, 6) is -0.308. The van der Waals surface area contributed by atoms with Gasteiger partial charge in [-0.15, -0.1) is 0 Å². The zero-order chi connectivity index (χ0) is 11.8. The van der Waals surface area contributed by atoms with Crippen LogP contribution in [-0.4, -0.2) is 19.1 Å². The lowest BCUT2D eigenvalue weighted by atomic mass is 10.3. The average Bonchev–Trinajstić information content (AvgIpc) is 2.31. The van der Waals surface area contributed by atoms with Gasteiger partial charge in [-0.05, 0) is 26.0 Å². The van der Waals surface area contributed by atoms with E-state index in [2.05, 4.69) is 0 Å². The monoisotopic (exact) mass is 219 g/mol. The molecule has 0 aliphatic heterocycles. The molecule has 0 radical (unpaired) electrons. The highest BCUT2D eigenvalue weighted by Crippen LogP contribution is 2.12.